The third-order valence-electron chi connectivity index (χ3n) is 4.17. The first-order valence-electron chi connectivity index (χ1n) is 8.91. The van der Waals surface area contributed by atoms with E-state index in [1.54, 1.807) is 27.5 Å². The molecule has 0 unspecified atom stereocenters. The molecule has 7 nitrogen and oxygen atoms in total. The van der Waals surface area contributed by atoms with Gasteiger partial charge < -0.3 is 24.8 Å². The summed E-state index contributed by atoms with van der Waals surface area (Å²) in [7, 11) is 4.90. The molecule has 0 bridgehead atoms. The predicted octanol–water partition coefficient (Wildman–Crippen LogP) is 3.90. The van der Waals surface area contributed by atoms with Crippen LogP contribution >= 0.6 is 0 Å². The van der Waals surface area contributed by atoms with Gasteiger partial charge in [0.2, 0.25) is 5.95 Å². The highest BCUT2D eigenvalue weighted by Crippen LogP contribution is 2.28. The van der Waals surface area contributed by atoms with Crippen molar-refractivity contribution < 1.29 is 14.2 Å². The van der Waals surface area contributed by atoms with Gasteiger partial charge in [0.15, 0.2) is 11.5 Å². The SMILES string of the molecule is COc1ccccc1Nc1ccnc(NCCc2ccc(OC)c(OC)c2)n1. The first kappa shape index (κ1) is 19.3. The van der Waals surface area contributed by atoms with Crippen LogP contribution in [0.3, 0.4) is 0 Å². The van der Waals surface area contributed by atoms with Gasteiger partial charge in [-0.05, 0) is 42.3 Å². The molecule has 146 valence electrons. The van der Waals surface area contributed by atoms with Crippen LogP contribution in [0.5, 0.6) is 17.2 Å². The van der Waals surface area contributed by atoms with Crippen molar-refractivity contribution in [2.75, 3.05) is 38.5 Å². The first-order chi connectivity index (χ1) is 13.7. The fourth-order valence-electron chi connectivity index (χ4n) is 2.75. The summed E-state index contributed by atoms with van der Waals surface area (Å²) in [4.78, 5) is 8.78. The smallest absolute Gasteiger partial charge is 0.224 e. The summed E-state index contributed by atoms with van der Waals surface area (Å²) in [6.45, 7) is 0.688. The van der Waals surface area contributed by atoms with E-state index in [4.69, 9.17) is 14.2 Å². The Kier molecular flexibility index (Phi) is 6.51. The van der Waals surface area contributed by atoms with Gasteiger partial charge in [-0.25, -0.2) is 4.98 Å². The highest BCUT2D eigenvalue weighted by Gasteiger charge is 2.06. The maximum absolute atomic E-state index is 5.36. The fourth-order valence-corrected chi connectivity index (χ4v) is 2.75. The van der Waals surface area contributed by atoms with Gasteiger partial charge in [0, 0.05) is 12.7 Å². The van der Waals surface area contributed by atoms with Crippen LogP contribution in [-0.2, 0) is 6.42 Å². The van der Waals surface area contributed by atoms with Crippen LogP contribution in [-0.4, -0.2) is 37.8 Å². The molecule has 2 aromatic carbocycles. The van der Waals surface area contributed by atoms with Crippen LogP contribution in [0.25, 0.3) is 0 Å². The lowest BCUT2D eigenvalue weighted by Gasteiger charge is -2.12. The number of hydrogen-bond acceptors (Lipinski definition) is 7. The number of ether oxygens (including phenoxy) is 3. The lowest BCUT2D eigenvalue weighted by Crippen LogP contribution is -2.09. The molecular weight excluding hydrogens is 356 g/mol. The minimum atomic E-state index is 0.556. The van der Waals surface area contributed by atoms with E-state index in [1.807, 2.05) is 48.5 Å². The molecule has 0 atom stereocenters. The van der Waals surface area contributed by atoms with E-state index in [1.165, 1.54) is 0 Å². The number of rotatable bonds is 9. The van der Waals surface area contributed by atoms with E-state index in [-0.39, 0.29) is 0 Å². The second-order valence-corrected chi connectivity index (χ2v) is 5.96. The number of aromatic nitrogens is 2. The van der Waals surface area contributed by atoms with Crippen molar-refractivity contribution in [3.8, 4) is 17.2 Å². The van der Waals surface area contributed by atoms with E-state index < -0.39 is 0 Å². The quantitative estimate of drug-likeness (QED) is 0.583. The monoisotopic (exact) mass is 380 g/mol. The standard InChI is InChI=1S/C21H24N4O3/c1-26-17-7-5-4-6-16(17)24-20-11-13-23-21(25-20)22-12-10-15-8-9-18(27-2)19(14-15)28-3/h4-9,11,13-14H,10,12H2,1-3H3,(H2,22,23,24,25). The molecular formula is C21H24N4O3. The number of anilines is 3. The minimum absolute atomic E-state index is 0.556. The Bertz CT molecular complexity index is 918. The minimum Gasteiger partial charge on any atom is -0.495 e. The van der Waals surface area contributed by atoms with E-state index in [9.17, 15) is 0 Å². The molecule has 7 heteroatoms. The second kappa shape index (κ2) is 9.45. The molecule has 0 aliphatic carbocycles. The molecule has 28 heavy (non-hydrogen) atoms. The second-order valence-electron chi connectivity index (χ2n) is 5.96. The average Bonchev–Trinajstić information content (AvgIpc) is 2.74. The fraction of sp³-hybridized carbons (Fsp3) is 0.238. The Labute approximate surface area is 164 Å². The number of benzene rings is 2. The van der Waals surface area contributed by atoms with Gasteiger partial charge in [-0.3, -0.25) is 0 Å². The summed E-state index contributed by atoms with van der Waals surface area (Å²) in [5.74, 6) is 3.44. The van der Waals surface area contributed by atoms with E-state index in [0.29, 0.717) is 18.3 Å². The molecule has 0 amide bonds. The molecule has 0 saturated heterocycles. The van der Waals surface area contributed by atoms with Gasteiger partial charge in [-0.2, -0.15) is 4.98 Å². The number of nitrogens with one attached hydrogen (secondary N) is 2. The maximum atomic E-state index is 5.36. The van der Waals surface area contributed by atoms with Crippen LogP contribution in [0.2, 0.25) is 0 Å². The van der Waals surface area contributed by atoms with Gasteiger partial charge in [0.1, 0.15) is 11.6 Å². The molecule has 0 aliphatic heterocycles. The Hall–Kier alpha value is -3.48. The van der Waals surface area contributed by atoms with Crippen LogP contribution in [0.4, 0.5) is 17.5 Å². The zero-order chi connectivity index (χ0) is 19.8. The van der Waals surface area contributed by atoms with Crippen LogP contribution in [0, 0.1) is 0 Å². The zero-order valence-corrected chi connectivity index (χ0v) is 16.2. The van der Waals surface area contributed by atoms with Crippen molar-refractivity contribution in [1.82, 2.24) is 9.97 Å². The molecule has 3 rings (SSSR count). The van der Waals surface area contributed by atoms with Crippen molar-refractivity contribution in [3.05, 3.63) is 60.3 Å². The lowest BCUT2D eigenvalue weighted by atomic mass is 10.1. The highest BCUT2D eigenvalue weighted by molar-refractivity contribution is 5.64. The number of para-hydroxylation sites is 2. The Morgan fingerprint density at radius 3 is 2.43 bits per heavy atom. The molecule has 1 aromatic heterocycles. The van der Waals surface area contributed by atoms with Crippen molar-refractivity contribution in [2.45, 2.75) is 6.42 Å². The molecule has 0 aliphatic rings. The maximum Gasteiger partial charge on any atom is 0.224 e. The van der Waals surface area contributed by atoms with Crippen LogP contribution < -0.4 is 24.8 Å². The van der Waals surface area contributed by atoms with Gasteiger partial charge in [0.25, 0.3) is 0 Å². The molecule has 2 N–H and O–H groups in total. The van der Waals surface area contributed by atoms with Crippen LogP contribution in [0.15, 0.2) is 54.7 Å². The summed E-state index contributed by atoms with van der Waals surface area (Å²) in [6, 6.07) is 15.4. The molecule has 3 aromatic rings. The molecule has 0 fully saturated rings. The van der Waals surface area contributed by atoms with Gasteiger partial charge in [-0.15, -0.1) is 0 Å². The largest absolute Gasteiger partial charge is 0.495 e. The topological polar surface area (TPSA) is 77.5 Å². The summed E-state index contributed by atoms with van der Waals surface area (Å²) in [6.07, 6.45) is 2.51. The summed E-state index contributed by atoms with van der Waals surface area (Å²) in [5, 5.41) is 6.50. The third kappa shape index (κ3) is 4.82. The van der Waals surface area contributed by atoms with Crippen LogP contribution in [0.1, 0.15) is 5.56 Å². The van der Waals surface area contributed by atoms with E-state index in [2.05, 4.69) is 20.6 Å². The van der Waals surface area contributed by atoms with Crippen molar-refractivity contribution >= 4 is 17.5 Å². The normalized spacial score (nSPS) is 10.2. The van der Waals surface area contributed by atoms with Crippen molar-refractivity contribution in [2.24, 2.45) is 0 Å². The highest BCUT2D eigenvalue weighted by atomic mass is 16.5. The Morgan fingerprint density at radius 2 is 1.64 bits per heavy atom. The van der Waals surface area contributed by atoms with Gasteiger partial charge in [-0.1, -0.05) is 18.2 Å². The van der Waals surface area contributed by atoms with Gasteiger partial charge in [0.05, 0.1) is 27.0 Å². The number of hydrogen-bond donors (Lipinski definition) is 2. The van der Waals surface area contributed by atoms with E-state index >= 15 is 0 Å². The number of nitrogens with zero attached hydrogens (tertiary/aromatic N) is 2. The van der Waals surface area contributed by atoms with Crippen molar-refractivity contribution in [1.29, 1.82) is 0 Å². The molecule has 0 radical (unpaired) electrons. The molecule has 0 saturated carbocycles. The third-order valence-corrected chi connectivity index (χ3v) is 4.17. The molecule has 1 heterocycles. The predicted molar refractivity (Wildman–Crippen MR) is 110 cm³/mol. The summed E-state index contributed by atoms with van der Waals surface area (Å²) < 4.78 is 16.0. The average molecular weight is 380 g/mol. The Balaban J connectivity index is 1.61. The first-order valence-corrected chi connectivity index (χ1v) is 8.91. The number of methoxy groups -OCH3 is 3. The lowest BCUT2D eigenvalue weighted by molar-refractivity contribution is 0.354. The van der Waals surface area contributed by atoms with Gasteiger partial charge >= 0.3 is 0 Å². The Morgan fingerprint density at radius 1 is 0.857 bits per heavy atom. The molecule has 0 spiro atoms. The van der Waals surface area contributed by atoms with Crippen molar-refractivity contribution in [3.63, 3.8) is 0 Å². The zero-order valence-electron chi connectivity index (χ0n) is 16.2. The summed E-state index contributed by atoms with van der Waals surface area (Å²) in [5.41, 5.74) is 1.98. The summed E-state index contributed by atoms with van der Waals surface area (Å²) >= 11 is 0. The van der Waals surface area contributed by atoms with E-state index in [0.717, 1.165) is 34.9 Å².